The van der Waals surface area contributed by atoms with Crippen LogP contribution in [0.2, 0.25) is 0 Å². The second-order valence-electron chi connectivity index (χ2n) is 14.8. The number of anilines is 1. The summed E-state index contributed by atoms with van der Waals surface area (Å²) in [6.07, 6.45) is 17.8. The molecule has 55 heavy (non-hydrogen) atoms. The van der Waals surface area contributed by atoms with Crippen LogP contribution in [-0.4, -0.2) is 49.1 Å². The molecule has 0 spiro atoms. The molecule has 2 heterocycles. The van der Waals surface area contributed by atoms with Crippen molar-refractivity contribution in [3.63, 3.8) is 0 Å². The molecule has 12 nitrogen and oxygen atoms in total. The molecule has 0 aliphatic heterocycles. The highest BCUT2D eigenvalue weighted by atomic mass is 35.5. The summed E-state index contributed by atoms with van der Waals surface area (Å²) in [6.45, 7) is 1.67. The number of sulfonamides is 1. The van der Waals surface area contributed by atoms with Gasteiger partial charge < -0.3 is 24.1 Å². The third-order valence-corrected chi connectivity index (χ3v) is 11.9. The maximum Gasteiger partial charge on any atom is 0.333 e. The number of nitrogens with one attached hydrogen (secondary N) is 2. The third kappa shape index (κ3) is 11.0. The lowest BCUT2D eigenvalue weighted by molar-refractivity contribution is -0.126. The number of alkyl halides is 1. The van der Waals surface area contributed by atoms with Crippen LogP contribution in [0.5, 0.6) is 0 Å². The molecule has 0 bridgehead atoms. The highest BCUT2D eigenvalue weighted by molar-refractivity contribution is 7.89. The van der Waals surface area contributed by atoms with Gasteiger partial charge in [-0.25, -0.2) is 9.52 Å². The van der Waals surface area contributed by atoms with Crippen molar-refractivity contribution < 1.29 is 46.3 Å². The summed E-state index contributed by atoms with van der Waals surface area (Å²) in [5, 5.41) is 13.2. The summed E-state index contributed by atoms with van der Waals surface area (Å²) in [6, 6.07) is 4.61. The molecule has 1 atom stereocenters. The monoisotopic (exact) mass is 798 g/mol. The standard InChI is InChI=1S/C23H28N2O5S.C9H10O2.C7H10O2.C2H3ClO/c1-23(27)11-3-2-10-19-18(23)13-20(30-19)31(28,29)25-22(26)24-21-16-8-4-6-14(16)12-15-7-5-9-17(15)21;10-8-3-1-2-4-9-7(8)5-6-11-9;8-6-3-1-2-4-7(9)5-6;3-1-2-4/h12-13,27H,2-11H2,1H3,(H2,24,25,26);5-6H,1-4H2;1-5H2;2H,1H2. The van der Waals surface area contributed by atoms with E-state index >= 15 is 0 Å². The molecule has 1 saturated carbocycles. The Morgan fingerprint density at radius 1 is 0.836 bits per heavy atom. The number of hydrogen-bond donors (Lipinski definition) is 3. The SMILES string of the molecule is CC1(O)CCCCc2oc(S(=O)(=O)NC(=O)Nc3c4c(cc5c3CCC5)CCC4)cc21.O=C1CCCCC(=O)C1.O=C1CCCCc2occc21.O=CCCl. The number of hydrogen-bond acceptors (Lipinski definition) is 10. The summed E-state index contributed by atoms with van der Waals surface area (Å²) in [5.74, 6) is 1.95. The fourth-order valence-electron chi connectivity index (χ4n) is 7.88. The average Bonchev–Trinajstić information content (AvgIpc) is 3.95. The van der Waals surface area contributed by atoms with Crippen LogP contribution in [0.25, 0.3) is 0 Å². The summed E-state index contributed by atoms with van der Waals surface area (Å²) >= 11 is 4.82. The number of halogens is 1. The molecular weight excluding hydrogens is 748 g/mol. The lowest BCUT2D eigenvalue weighted by Gasteiger charge is -2.20. The van der Waals surface area contributed by atoms with Crippen LogP contribution in [0.15, 0.2) is 38.4 Å². The van der Waals surface area contributed by atoms with Crippen LogP contribution in [-0.2, 0) is 68.5 Å². The largest absolute Gasteiger partial charge is 0.469 e. The van der Waals surface area contributed by atoms with Gasteiger partial charge in [0.1, 0.15) is 29.4 Å². The predicted molar refractivity (Wildman–Crippen MR) is 206 cm³/mol. The maximum absolute atomic E-state index is 12.9. The van der Waals surface area contributed by atoms with Crippen molar-refractivity contribution in [2.75, 3.05) is 11.2 Å². The Bertz CT molecular complexity index is 1950. The molecule has 0 saturated heterocycles. The highest BCUT2D eigenvalue weighted by Gasteiger charge is 2.35. The van der Waals surface area contributed by atoms with E-state index in [9.17, 15) is 32.7 Å². The van der Waals surface area contributed by atoms with Crippen molar-refractivity contribution in [3.8, 4) is 0 Å². The van der Waals surface area contributed by atoms with Crippen molar-refractivity contribution in [2.24, 2.45) is 0 Å². The van der Waals surface area contributed by atoms with Gasteiger partial charge in [0, 0.05) is 49.4 Å². The van der Waals surface area contributed by atoms with Gasteiger partial charge in [0.15, 0.2) is 5.78 Å². The fourth-order valence-corrected chi connectivity index (χ4v) is 8.75. The first-order valence-corrected chi connectivity index (χ1v) is 21.3. The van der Waals surface area contributed by atoms with Crippen LogP contribution >= 0.6 is 11.6 Å². The number of fused-ring (bicyclic) bond motifs is 4. The summed E-state index contributed by atoms with van der Waals surface area (Å²) in [4.78, 5) is 54.4. The molecule has 1 fully saturated rings. The predicted octanol–water partition coefficient (Wildman–Crippen LogP) is 7.40. The van der Waals surface area contributed by atoms with Crippen molar-refractivity contribution in [1.82, 2.24) is 4.72 Å². The van der Waals surface area contributed by atoms with Gasteiger partial charge in [-0.2, -0.15) is 8.42 Å². The molecule has 3 N–H and O–H groups in total. The third-order valence-electron chi connectivity index (χ3n) is 10.6. The lowest BCUT2D eigenvalue weighted by atomic mass is 9.94. The normalized spacial score (nSPS) is 20.2. The maximum atomic E-state index is 12.9. The van der Waals surface area contributed by atoms with Crippen LogP contribution in [0.3, 0.4) is 0 Å². The zero-order valence-electron chi connectivity index (χ0n) is 31.4. The molecule has 1 unspecified atom stereocenters. The molecule has 2 aromatic heterocycles. The topological polar surface area (TPSA) is 190 Å². The molecule has 3 aromatic rings. The van der Waals surface area contributed by atoms with E-state index in [2.05, 4.69) is 16.1 Å². The van der Waals surface area contributed by atoms with E-state index in [0.717, 1.165) is 112 Å². The van der Waals surface area contributed by atoms with Gasteiger partial charge in [-0.15, -0.1) is 11.6 Å². The Hall–Kier alpha value is -4.07. The van der Waals surface area contributed by atoms with E-state index in [1.807, 2.05) is 0 Å². The second kappa shape index (κ2) is 19.2. The fraction of sp³-hybridized carbons (Fsp3) is 0.537. The van der Waals surface area contributed by atoms with Crippen molar-refractivity contribution in [2.45, 2.75) is 140 Å². The van der Waals surface area contributed by atoms with Gasteiger partial charge >= 0.3 is 6.03 Å². The first-order valence-electron chi connectivity index (χ1n) is 19.3. The Kier molecular flexibility index (Phi) is 14.7. The van der Waals surface area contributed by atoms with Crippen molar-refractivity contribution in [1.29, 1.82) is 0 Å². The lowest BCUT2D eigenvalue weighted by Crippen LogP contribution is -2.34. The van der Waals surface area contributed by atoms with Gasteiger partial charge in [-0.05, 0) is 119 Å². The molecule has 14 heteroatoms. The van der Waals surface area contributed by atoms with E-state index in [1.165, 1.54) is 17.2 Å². The van der Waals surface area contributed by atoms with Crippen LogP contribution < -0.4 is 10.0 Å². The quantitative estimate of drug-likeness (QED) is 0.0788. The number of aryl methyl sites for hydroxylation is 4. The molecule has 298 valence electrons. The van der Waals surface area contributed by atoms with E-state index in [1.54, 1.807) is 19.3 Å². The molecule has 8 rings (SSSR count). The number of Topliss-reactive ketones (excluding diaryl/α,β-unsaturated/α-hetero) is 3. The van der Waals surface area contributed by atoms with Gasteiger partial charge in [-0.3, -0.25) is 14.4 Å². The van der Waals surface area contributed by atoms with E-state index < -0.39 is 21.7 Å². The number of urea groups is 1. The summed E-state index contributed by atoms with van der Waals surface area (Å²) in [7, 11) is -4.20. The number of aliphatic hydroxyl groups is 1. The Morgan fingerprint density at radius 2 is 1.42 bits per heavy atom. The summed E-state index contributed by atoms with van der Waals surface area (Å²) < 4.78 is 38.6. The minimum absolute atomic E-state index is 0.111. The second-order valence-corrected chi connectivity index (χ2v) is 16.8. The van der Waals surface area contributed by atoms with E-state index in [0.29, 0.717) is 49.7 Å². The number of ketones is 3. The number of rotatable bonds is 4. The summed E-state index contributed by atoms with van der Waals surface area (Å²) in [5.41, 5.74) is 5.73. The van der Waals surface area contributed by atoms with E-state index in [-0.39, 0.29) is 34.7 Å². The number of aldehydes is 1. The number of benzene rings is 1. The first kappa shape index (κ1) is 42.1. The zero-order valence-corrected chi connectivity index (χ0v) is 33.0. The molecule has 1 aromatic carbocycles. The highest BCUT2D eigenvalue weighted by Crippen LogP contribution is 2.39. The van der Waals surface area contributed by atoms with Crippen LogP contribution in [0.1, 0.15) is 140 Å². The number of furan rings is 2. The Morgan fingerprint density at radius 3 is 2.05 bits per heavy atom. The molecule has 5 aliphatic carbocycles. The van der Waals surface area contributed by atoms with Gasteiger partial charge in [0.05, 0.1) is 29.7 Å². The van der Waals surface area contributed by atoms with Gasteiger partial charge in [0.2, 0.25) is 5.09 Å². The van der Waals surface area contributed by atoms with Gasteiger partial charge in [-0.1, -0.05) is 6.07 Å². The zero-order chi connectivity index (χ0) is 39.6. The number of amides is 2. The molecule has 2 amide bonds. The minimum atomic E-state index is -4.20. The smallest absolute Gasteiger partial charge is 0.333 e. The van der Waals surface area contributed by atoms with Gasteiger partial charge in [0.25, 0.3) is 10.0 Å². The van der Waals surface area contributed by atoms with Crippen molar-refractivity contribution >= 4 is 57.0 Å². The molecule has 0 radical (unpaired) electrons. The Labute approximate surface area is 327 Å². The minimum Gasteiger partial charge on any atom is -0.469 e. The first-order chi connectivity index (χ1) is 26.3. The number of carbonyl (C=O) groups excluding carboxylic acids is 5. The average molecular weight is 799 g/mol. The van der Waals surface area contributed by atoms with E-state index in [4.69, 9.17) is 25.2 Å². The Balaban J connectivity index is 0.000000195. The van der Waals surface area contributed by atoms with Crippen LogP contribution in [0, 0.1) is 0 Å². The molecular formula is C41H51ClN2O10S. The van der Waals surface area contributed by atoms with Crippen molar-refractivity contribution in [3.05, 3.63) is 69.4 Å². The number of carbonyl (C=O) groups is 5. The van der Waals surface area contributed by atoms with Crippen LogP contribution in [0.4, 0.5) is 10.5 Å². The molecule has 5 aliphatic rings.